The normalized spacial score (nSPS) is 11.8. The molecule has 0 amide bonds. The molecule has 156 valence electrons. The highest BCUT2D eigenvalue weighted by Gasteiger charge is 2.14. The summed E-state index contributed by atoms with van der Waals surface area (Å²) in [5.74, 6) is 0. The Balaban J connectivity index is 1.54. The van der Waals surface area contributed by atoms with Gasteiger partial charge in [-0.1, -0.05) is 23.7 Å². The maximum Gasteiger partial charge on any atom is 0.292 e. The highest BCUT2D eigenvalue weighted by Crippen LogP contribution is 2.24. The lowest BCUT2D eigenvalue weighted by Crippen LogP contribution is -2.23. The molecule has 0 saturated carbocycles. The number of benzene rings is 2. The van der Waals surface area contributed by atoms with Gasteiger partial charge in [-0.15, -0.1) is 0 Å². The van der Waals surface area contributed by atoms with Gasteiger partial charge in [0.05, 0.1) is 28.2 Å². The Morgan fingerprint density at radius 3 is 2.35 bits per heavy atom. The van der Waals surface area contributed by atoms with E-state index in [4.69, 9.17) is 11.6 Å². The molecule has 2 heterocycles. The fraction of sp³-hybridized carbons (Fsp3) is 0.0952. The second-order valence-corrected chi connectivity index (χ2v) is 7.15. The van der Waals surface area contributed by atoms with Crippen LogP contribution in [0.15, 0.2) is 78.0 Å². The molecule has 0 aliphatic heterocycles. The zero-order valence-electron chi connectivity index (χ0n) is 16.3. The van der Waals surface area contributed by atoms with E-state index in [0.29, 0.717) is 11.4 Å². The van der Waals surface area contributed by atoms with Crippen molar-refractivity contribution in [2.75, 3.05) is 5.32 Å². The van der Waals surface area contributed by atoms with E-state index in [0.717, 1.165) is 15.9 Å². The van der Waals surface area contributed by atoms with Gasteiger partial charge in [0.25, 0.3) is 11.2 Å². The first-order chi connectivity index (χ1) is 14.9. The van der Waals surface area contributed by atoms with E-state index < -0.39 is 10.5 Å². The quantitative estimate of drug-likeness (QED) is 0.359. The number of nitro groups is 1. The molecule has 9 nitrogen and oxygen atoms in total. The van der Waals surface area contributed by atoms with Crippen LogP contribution < -0.4 is 10.9 Å². The molecule has 0 saturated heterocycles. The molecular formula is C21H17ClN6O3. The summed E-state index contributed by atoms with van der Waals surface area (Å²) in [4.78, 5) is 23.0. The van der Waals surface area contributed by atoms with Crippen LogP contribution in [0.5, 0.6) is 0 Å². The number of rotatable bonds is 6. The van der Waals surface area contributed by atoms with Crippen LogP contribution in [0.2, 0.25) is 5.02 Å². The van der Waals surface area contributed by atoms with Crippen LogP contribution >= 0.6 is 11.6 Å². The Morgan fingerprint density at radius 1 is 1.06 bits per heavy atom. The molecule has 0 radical (unpaired) electrons. The van der Waals surface area contributed by atoms with E-state index >= 15 is 0 Å². The Labute approximate surface area is 181 Å². The van der Waals surface area contributed by atoms with Gasteiger partial charge in [0.1, 0.15) is 5.02 Å². The molecule has 1 N–H and O–H groups in total. The summed E-state index contributed by atoms with van der Waals surface area (Å²) in [7, 11) is 0. The molecule has 0 fully saturated rings. The second-order valence-electron chi connectivity index (χ2n) is 6.77. The molecule has 4 aromatic rings. The summed E-state index contributed by atoms with van der Waals surface area (Å²) in [6.07, 6.45) is 5.04. The third-order valence-electron chi connectivity index (χ3n) is 4.76. The maximum absolute atomic E-state index is 12.7. The minimum atomic E-state index is -0.526. The van der Waals surface area contributed by atoms with E-state index in [1.54, 1.807) is 10.9 Å². The summed E-state index contributed by atoms with van der Waals surface area (Å²) in [6, 6.07) is 15.0. The molecule has 0 aliphatic carbocycles. The van der Waals surface area contributed by atoms with Crippen molar-refractivity contribution in [3.63, 3.8) is 0 Å². The van der Waals surface area contributed by atoms with Gasteiger partial charge in [0.15, 0.2) is 0 Å². The van der Waals surface area contributed by atoms with Gasteiger partial charge in [-0.25, -0.2) is 4.68 Å². The van der Waals surface area contributed by atoms with Crippen molar-refractivity contribution in [2.45, 2.75) is 13.0 Å². The molecule has 0 bridgehead atoms. The van der Waals surface area contributed by atoms with E-state index in [2.05, 4.69) is 15.5 Å². The van der Waals surface area contributed by atoms with Gasteiger partial charge < -0.3 is 5.32 Å². The molecule has 2 aromatic heterocycles. The fourth-order valence-corrected chi connectivity index (χ4v) is 3.27. The van der Waals surface area contributed by atoms with Gasteiger partial charge in [-0.2, -0.15) is 14.9 Å². The summed E-state index contributed by atoms with van der Waals surface area (Å²) < 4.78 is 2.86. The van der Waals surface area contributed by atoms with Crippen LogP contribution in [0.3, 0.4) is 0 Å². The zero-order valence-corrected chi connectivity index (χ0v) is 17.1. The number of nitrogens with one attached hydrogen (secondary N) is 1. The van der Waals surface area contributed by atoms with Gasteiger partial charge in [0.2, 0.25) is 0 Å². The SMILES string of the molecule is CC(Nc1cnn(-c2ccc([N+](=O)[O-])cc2)c(=O)c1Cl)c1ccc(-n2cccn2)cc1. The average molecular weight is 437 g/mol. The van der Waals surface area contributed by atoms with Gasteiger partial charge in [-0.3, -0.25) is 14.9 Å². The monoisotopic (exact) mass is 436 g/mol. The predicted molar refractivity (Wildman–Crippen MR) is 117 cm³/mol. The summed E-state index contributed by atoms with van der Waals surface area (Å²) in [5, 5.41) is 22.3. The maximum atomic E-state index is 12.7. The Morgan fingerprint density at radius 2 is 1.74 bits per heavy atom. The van der Waals surface area contributed by atoms with E-state index in [9.17, 15) is 14.9 Å². The first-order valence-corrected chi connectivity index (χ1v) is 9.71. The van der Waals surface area contributed by atoms with Crippen molar-refractivity contribution in [1.82, 2.24) is 19.6 Å². The zero-order chi connectivity index (χ0) is 22.0. The number of nitrogens with zero attached hydrogens (tertiary/aromatic N) is 5. The second kappa shape index (κ2) is 8.41. The lowest BCUT2D eigenvalue weighted by molar-refractivity contribution is -0.384. The van der Waals surface area contributed by atoms with Crippen LogP contribution in [-0.2, 0) is 0 Å². The molecule has 10 heteroatoms. The van der Waals surface area contributed by atoms with Gasteiger partial charge >= 0.3 is 0 Å². The lowest BCUT2D eigenvalue weighted by Gasteiger charge is -2.17. The number of nitro benzene ring substituents is 1. The highest BCUT2D eigenvalue weighted by molar-refractivity contribution is 6.33. The molecule has 0 aliphatic rings. The Kier molecular flexibility index (Phi) is 5.50. The van der Waals surface area contributed by atoms with Crippen molar-refractivity contribution in [2.24, 2.45) is 0 Å². The number of hydrogen-bond acceptors (Lipinski definition) is 6. The fourth-order valence-electron chi connectivity index (χ4n) is 3.09. The number of hydrogen-bond donors (Lipinski definition) is 1. The van der Waals surface area contributed by atoms with Gasteiger partial charge in [-0.05, 0) is 42.8 Å². The minimum absolute atomic E-state index is 0.0200. The van der Waals surface area contributed by atoms with Crippen LogP contribution in [-0.4, -0.2) is 24.5 Å². The number of anilines is 1. The molecule has 1 atom stereocenters. The number of aromatic nitrogens is 4. The van der Waals surface area contributed by atoms with Crippen molar-refractivity contribution in [3.8, 4) is 11.4 Å². The van der Waals surface area contributed by atoms with Crippen LogP contribution in [0, 0.1) is 10.1 Å². The molecule has 2 aromatic carbocycles. The lowest BCUT2D eigenvalue weighted by atomic mass is 10.1. The Hall–Kier alpha value is -3.98. The largest absolute Gasteiger partial charge is 0.376 e. The van der Waals surface area contributed by atoms with Crippen LogP contribution in [0.1, 0.15) is 18.5 Å². The predicted octanol–water partition coefficient (Wildman–Crippen LogP) is 4.15. The first-order valence-electron chi connectivity index (χ1n) is 9.33. The third-order valence-corrected chi connectivity index (χ3v) is 5.12. The van der Waals surface area contributed by atoms with Crippen molar-refractivity contribution < 1.29 is 4.92 Å². The van der Waals surface area contributed by atoms with E-state index in [-0.39, 0.29) is 16.8 Å². The van der Waals surface area contributed by atoms with E-state index in [1.165, 1.54) is 30.5 Å². The molecule has 1 unspecified atom stereocenters. The average Bonchev–Trinajstić information content (AvgIpc) is 3.32. The number of halogens is 1. The van der Waals surface area contributed by atoms with Crippen molar-refractivity contribution in [3.05, 3.63) is 104 Å². The Bertz CT molecular complexity index is 1270. The molecule has 0 spiro atoms. The van der Waals surface area contributed by atoms with Crippen LogP contribution in [0.4, 0.5) is 11.4 Å². The summed E-state index contributed by atoms with van der Waals surface area (Å²) >= 11 is 6.30. The smallest absolute Gasteiger partial charge is 0.292 e. The summed E-state index contributed by atoms with van der Waals surface area (Å²) in [6.45, 7) is 1.95. The topological polar surface area (TPSA) is 108 Å². The first kappa shape index (κ1) is 20.3. The van der Waals surface area contributed by atoms with E-state index in [1.807, 2.05) is 43.5 Å². The third kappa shape index (κ3) is 4.17. The standard InChI is InChI=1S/C21H17ClN6O3/c1-14(15-3-5-16(6-4-15)26-12-2-11-23-26)25-19-13-24-27(21(29)20(19)22)17-7-9-18(10-8-17)28(30)31/h2-14,25H,1H3. The molecule has 31 heavy (non-hydrogen) atoms. The van der Waals surface area contributed by atoms with Gasteiger partial charge in [0, 0.05) is 30.6 Å². The summed E-state index contributed by atoms with van der Waals surface area (Å²) in [5.41, 5.74) is 2.10. The van der Waals surface area contributed by atoms with Crippen LogP contribution in [0.25, 0.3) is 11.4 Å². The molecular weight excluding hydrogens is 420 g/mol. The highest BCUT2D eigenvalue weighted by atomic mass is 35.5. The number of non-ortho nitro benzene ring substituents is 1. The minimum Gasteiger partial charge on any atom is -0.376 e. The van der Waals surface area contributed by atoms with Crippen molar-refractivity contribution >= 4 is 23.0 Å². The van der Waals surface area contributed by atoms with Crippen molar-refractivity contribution in [1.29, 1.82) is 0 Å². The molecule has 4 rings (SSSR count).